The predicted octanol–water partition coefficient (Wildman–Crippen LogP) is 1.16. The van der Waals surface area contributed by atoms with Crippen LogP contribution in [0.4, 0.5) is 5.69 Å². The number of nitrogens with one attached hydrogen (secondary N) is 2. The monoisotopic (exact) mass is 255 g/mol. The molecule has 5 N–H and O–H groups in total. The molecule has 0 spiro atoms. The lowest BCUT2D eigenvalue weighted by molar-refractivity contribution is -0.142. The normalized spacial score (nSPS) is 28.2. The molecule has 0 amide bonds. The van der Waals surface area contributed by atoms with Crippen LogP contribution in [0, 0.1) is 5.92 Å². The number of hydrazine groups is 1. The molecule has 1 saturated heterocycles. The quantitative estimate of drug-likeness (QED) is 0.596. The van der Waals surface area contributed by atoms with E-state index in [1.165, 1.54) is 0 Å². The Morgan fingerprint density at radius 2 is 2.18 bits per heavy atom. The first kappa shape index (κ1) is 12.2. The van der Waals surface area contributed by atoms with Crippen molar-refractivity contribution in [3.05, 3.63) is 28.8 Å². The molecule has 1 heterocycles. The first-order valence-electron chi connectivity index (χ1n) is 5.29. The van der Waals surface area contributed by atoms with Crippen LogP contribution in [0.2, 0.25) is 5.02 Å². The van der Waals surface area contributed by atoms with Gasteiger partial charge in [-0.25, -0.2) is 5.43 Å². The van der Waals surface area contributed by atoms with Crippen LogP contribution in [-0.4, -0.2) is 17.1 Å². The summed E-state index contributed by atoms with van der Waals surface area (Å²) in [5, 5.41) is 9.67. The van der Waals surface area contributed by atoms with E-state index in [1.807, 2.05) is 6.92 Å². The van der Waals surface area contributed by atoms with Gasteiger partial charge >= 0.3 is 5.97 Å². The number of carboxylic acids is 1. The molecule has 1 aliphatic rings. The largest absolute Gasteiger partial charge is 0.481 e. The van der Waals surface area contributed by atoms with Crippen molar-refractivity contribution in [1.82, 2.24) is 10.9 Å². The summed E-state index contributed by atoms with van der Waals surface area (Å²) in [7, 11) is 0. The second-order valence-corrected chi connectivity index (χ2v) is 4.61. The lowest BCUT2D eigenvalue weighted by atomic mass is 9.90. The van der Waals surface area contributed by atoms with Crippen molar-refractivity contribution >= 4 is 23.3 Å². The zero-order chi connectivity index (χ0) is 12.6. The Kier molecular flexibility index (Phi) is 3.24. The molecular formula is C11H14ClN3O2. The molecule has 3 unspecified atom stereocenters. The molecule has 0 radical (unpaired) electrons. The summed E-state index contributed by atoms with van der Waals surface area (Å²) in [5.74, 6) is -1.37. The molecule has 1 aromatic rings. The minimum absolute atomic E-state index is 0.144. The Labute approximate surface area is 104 Å². The highest BCUT2D eigenvalue weighted by molar-refractivity contribution is 6.33. The van der Waals surface area contributed by atoms with Gasteiger partial charge < -0.3 is 10.8 Å². The second-order valence-electron chi connectivity index (χ2n) is 4.20. The lowest BCUT2D eigenvalue weighted by Gasteiger charge is -2.17. The van der Waals surface area contributed by atoms with Crippen LogP contribution in [0.3, 0.4) is 0 Å². The second kappa shape index (κ2) is 4.52. The van der Waals surface area contributed by atoms with Crippen LogP contribution in [0.5, 0.6) is 0 Å². The van der Waals surface area contributed by atoms with Crippen molar-refractivity contribution in [1.29, 1.82) is 0 Å². The van der Waals surface area contributed by atoms with E-state index in [2.05, 4.69) is 10.9 Å². The van der Waals surface area contributed by atoms with Crippen LogP contribution in [0.1, 0.15) is 18.5 Å². The highest BCUT2D eigenvalue weighted by atomic mass is 35.5. The number of hydrogen-bond donors (Lipinski definition) is 4. The van der Waals surface area contributed by atoms with Gasteiger partial charge in [0.15, 0.2) is 0 Å². The number of benzene rings is 1. The van der Waals surface area contributed by atoms with E-state index in [-0.39, 0.29) is 12.1 Å². The molecule has 92 valence electrons. The number of nitrogens with two attached hydrogens (primary N) is 1. The summed E-state index contributed by atoms with van der Waals surface area (Å²) in [6.07, 6.45) is 0. The Hall–Kier alpha value is -1.30. The van der Waals surface area contributed by atoms with Crippen molar-refractivity contribution in [2.75, 3.05) is 5.73 Å². The fraction of sp³-hybridized carbons (Fsp3) is 0.364. The predicted molar refractivity (Wildman–Crippen MR) is 65.5 cm³/mol. The number of nitrogen functional groups attached to an aromatic ring is 1. The molecule has 0 aromatic heterocycles. The fourth-order valence-electron chi connectivity index (χ4n) is 2.09. The van der Waals surface area contributed by atoms with Gasteiger partial charge in [-0.3, -0.25) is 10.2 Å². The van der Waals surface area contributed by atoms with Gasteiger partial charge in [0.2, 0.25) is 0 Å². The van der Waals surface area contributed by atoms with Crippen molar-refractivity contribution in [3.8, 4) is 0 Å². The summed E-state index contributed by atoms with van der Waals surface area (Å²) in [6, 6.07) is 4.72. The Morgan fingerprint density at radius 1 is 1.47 bits per heavy atom. The molecule has 0 aliphatic carbocycles. The van der Waals surface area contributed by atoms with Gasteiger partial charge in [-0.15, -0.1) is 0 Å². The molecule has 1 aliphatic heterocycles. The average Bonchev–Trinajstić information content (AvgIpc) is 2.64. The molecule has 5 nitrogen and oxygen atoms in total. The van der Waals surface area contributed by atoms with E-state index in [1.54, 1.807) is 18.2 Å². The van der Waals surface area contributed by atoms with Crippen LogP contribution >= 0.6 is 11.6 Å². The summed E-state index contributed by atoms with van der Waals surface area (Å²) < 4.78 is 0. The molecule has 2 rings (SSSR count). The molecule has 6 heteroatoms. The number of rotatable bonds is 2. The van der Waals surface area contributed by atoms with Crippen LogP contribution < -0.4 is 16.6 Å². The number of hydrogen-bond acceptors (Lipinski definition) is 4. The number of anilines is 1. The fourth-order valence-corrected chi connectivity index (χ4v) is 2.21. The maximum Gasteiger partial charge on any atom is 0.310 e. The molecule has 0 bridgehead atoms. The van der Waals surface area contributed by atoms with Crippen LogP contribution in [-0.2, 0) is 4.79 Å². The van der Waals surface area contributed by atoms with Gasteiger partial charge in [0.05, 0.1) is 22.7 Å². The average molecular weight is 256 g/mol. The van der Waals surface area contributed by atoms with Gasteiger partial charge in [0.1, 0.15) is 0 Å². The maximum atomic E-state index is 11.2. The first-order chi connectivity index (χ1) is 8.00. The summed E-state index contributed by atoms with van der Waals surface area (Å²) in [6.45, 7) is 1.82. The van der Waals surface area contributed by atoms with Gasteiger partial charge in [-0.2, -0.15) is 0 Å². The zero-order valence-electron chi connectivity index (χ0n) is 9.27. The van der Waals surface area contributed by atoms with Gasteiger partial charge in [-0.1, -0.05) is 17.7 Å². The van der Waals surface area contributed by atoms with E-state index < -0.39 is 11.9 Å². The molecule has 0 saturated carbocycles. The van der Waals surface area contributed by atoms with Gasteiger partial charge in [0, 0.05) is 6.04 Å². The minimum Gasteiger partial charge on any atom is -0.481 e. The standard InChI is InChI=1S/C11H14ClN3O2/c1-5-9(11(16)17)10(15-14-5)6-2-3-7(12)8(13)4-6/h2-5,9-10,14-15H,13H2,1H3,(H,16,17). The Morgan fingerprint density at radius 3 is 2.76 bits per heavy atom. The highest BCUT2D eigenvalue weighted by Crippen LogP contribution is 2.31. The molecular weight excluding hydrogens is 242 g/mol. The van der Waals surface area contributed by atoms with E-state index in [0.717, 1.165) is 5.56 Å². The smallest absolute Gasteiger partial charge is 0.310 e. The van der Waals surface area contributed by atoms with Crippen molar-refractivity contribution in [2.24, 2.45) is 5.92 Å². The third-order valence-electron chi connectivity index (χ3n) is 3.03. The Balaban J connectivity index is 2.32. The number of halogens is 1. The molecule has 1 aromatic carbocycles. The SMILES string of the molecule is CC1NNC(c2ccc(Cl)c(N)c2)C1C(=O)O. The van der Waals surface area contributed by atoms with E-state index in [0.29, 0.717) is 10.7 Å². The number of carbonyl (C=O) groups is 1. The van der Waals surface area contributed by atoms with Crippen molar-refractivity contribution < 1.29 is 9.90 Å². The lowest BCUT2D eigenvalue weighted by Crippen LogP contribution is -2.30. The summed E-state index contributed by atoms with van der Waals surface area (Å²) >= 11 is 5.84. The first-order valence-corrected chi connectivity index (χ1v) is 5.67. The Bertz CT molecular complexity index is 452. The zero-order valence-corrected chi connectivity index (χ0v) is 10.0. The third-order valence-corrected chi connectivity index (χ3v) is 3.37. The van der Waals surface area contributed by atoms with Crippen molar-refractivity contribution in [3.63, 3.8) is 0 Å². The minimum atomic E-state index is -0.839. The summed E-state index contributed by atoms with van der Waals surface area (Å²) in [4.78, 5) is 11.2. The topological polar surface area (TPSA) is 87.4 Å². The summed E-state index contributed by atoms with van der Waals surface area (Å²) in [5.41, 5.74) is 12.9. The van der Waals surface area contributed by atoms with E-state index in [9.17, 15) is 9.90 Å². The van der Waals surface area contributed by atoms with E-state index >= 15 is 0 Å². The molecule has 17 heavy (non-hydrogen) atoms. The number of aliphatic carboxylic acids is 1. The highest BCUT2D eigenvalue weighted by Gasteiger charge is 2.39. The van der Waals surface area contributed by atoms with Gasteiger partial charge in [0.25, 0.3) is 0 Å². The van der Waals surface area contributed by atoms with Crippen LogP contribution in [0.15, 0.2) is 18.2 Å². The molecule has 3 atom stereocenters. The van der Waals surface area contributed by atoms with E-state index in [4.69, 9.17) is 17.3 Å². The van der Waals surface area contributed by atoms with Gasteiger partial charge in [-0.05, 0) is 24.6 Å². The number of carboxylic acid groups (broad SMARTS) is 1. The van der Waals surface area contributed by atoms with Crippen molar-refractivity contribution in [2.45, 2.75) is 19.0 Å². The maximum absolute atomic E-state index is 11.2. The third kappa shape index (κ3) is 2.22. The van der Waals surface area contributed by atoms with Crippen LogP contribution in [0.25, 0.3) is 0 Å². The molecule has 1 fully saturated rings.